The number of fused-ring (bicyclic) bond motifs is 3. The zero-order chi connectivity index (χ0) is 16.8. The van der Waals surface area contributed by atoms with E-state index in [-0.39, 0.29) is 5.56 Å². The van der Waals surface area contributed by atoms with Crippen LogP contribution in [0.3, 0.4) is 0 Å². The molecule has 4 aromatic heterocycles. The predicted octanol–water partition coefficient (Wildman–Crippen LogP) is 1.01. The molecule has 0 aliphatic carbocycles. The highest BCUT2D eigenvalue weighted by atomic mass is 16.1. The van der Waals surface area contributed by atoms with E-state index in [9.17, 15) is 4.79 Å². The number of pyridine rings is 2. The first-order chi connectivity index (χ1) is 11.6. The Labute approximate surface area is 137 Å². The summed E-state index contributed by atoms with van der Waals surface area (Å²) in [4.78, 5) is 25.5. The highest BCUT2D eigenvalue weighted by Crippen LogP contribution is 2.17. The maximum Gasteiger partial charge on any atom is 0.280 e. The maximum atomic E-state index is 12.7. The second kappa shape index (κ2) is 5.12. The molecule has 0 aliphatic rings. The highest BCUT2D eigenvalue weighted by molar-refractivity contribution is 5.79. The van der Waals surface area contributed by atoms with E-state index in [1.807, 2.05) is 39.2 Å². The lowest BCUT2D eigenvalue weighted by Gasteiger charge is -2.19. The summed E-state index contributed by atoms with van der Waals surface area (Å²) in [7, 11) is 3.65. The normalized spacial score (nSPS) is 11.3. The quantitative estimate of drug-likeness (QED) is 0.548. The van der Waals surface area contributed by atoms with Gasteiger partial charge in [-0.05, 0) is 25.1 Å². The van der Waals surface area contributed by atoms with Crippen LogP contribution in [0.1, 0.15) is 5.69 Å². The molecule has 0 N–H and O–H groups in total. The molecular formula is C16H15N7O. The van der Waals surface area contributed by atoms with Gasteiger partial charge in [0.15, 0.2) is 5.82 Å². The number of rotatable bonds is 2. The van der Waals surface area contributed by atoms with E-state index < -0.39 is 0 Å². The highest BCUT2D eigenvalue weighted by Gasteiger charge is 2.14. The van der Waals surface area contributed by atoms with E-state index in [0.717, 1.165) is 11.3 Å². The Balaban J connectivity index is 2.05. The molecule has 0 unspecified atom stereocenters. The number of aryl methyl sites for hydroxylation is 1. The van der Waals surface area contributed by atoms with Crippen molar-refractivity contribution in [1.82, 2.24) is 29.2 Å². The van der Waals surface area contributed by atoms with Crippen LogP contribution >= 0.6 is 0 Å². The van der Waals surface area contributed by atoms with Crippen molar-refractivity contribution in [2.75, 3.05) is 19.1 Å². The van der Waals surface area contributed by atoms with Gasteiger partial charge in [-0.2, -0.15) is 9.50 Å². The summed E-state index contributed by atoms with van der Waals surface area (Å²) in [6.07, 6.45) is 4.93. The standard InChI is InChI=1S/C16H15N7O/c1-10-8-13-12(15(24)23(10)21(2)3)9-18-16-19-14(20-22(13)16)11-4-6-17-7-5-11/h4-9H,1-3H3. The van der Waals surface area contributed by atoms with Gasteiger partial charge < -0.3 is 5.01 Å². The smallest absolute Gasteiger partial charge is 0.280 e. The van der Waals surface area contributed by atoms with Gasteiger partial charge in [0, 0.05) is 43.9 Å². The molecule has 0 radical (unpaired) electrons. The van der Waals surface area contributed by atoms with Crippen LogP contribution in [-0.4, -0.2) is 43.3 Å². The fourth-order valence-corrected chi connectivity index (χ4v) is 2.81. The first-order valence-electron chi connectivity index (χ1n) is 7.42. The van der Waals surface area contributed by atoms with Crippen LogP contribution < -0.4 is 10.6 Å². The lowest BCUT2D eigenvalue weighted by atomic mass is 10.2. The Morgan fingerprint density at radius 1 is 1.17 bits per heavy atom. The predicted molar refractivity (Wildman–Crippen MR) is 90.6 cm³/mol. The maximum absolute atomic E-state index is 12.7. The Morgan fingerprint density at radius 3 is 2.62 bits per heavy atom. The second-order valence-electron chi connectivity index (χ2n) is 5.69. The number of hydrogen-bond donors (Lipinski definition) is 0. The van der Waals surface area contributed by atoms with Crippen LogP contribution in [0.5, 0.6) is 0 Å². The monoisotopic (exact) mass is 321 g/mol. The summed E-state index contributed by atoms with van der Waals surface area (Å²) in [5.74, 6) is 1.00. The number of hydrogen-bond acceptors (Lipinski definition) is 6. The fraction of sp³-hybridized carbons (Fsp3) is 0.188. The summed E-state index contributed by atoms with van der Waals surface area (Å²) in [5.41, 5.74) is 2.21. The van der Waals surface area contributed by atoms with E-state index in [2.05, 4.69) is 20.1 Å². The van der Waals surface area contributed by atoms with Crippen molar-refractivity contribution in [3.8, 4) is 11.4 Å². The summed E-state index contributed by atoms with van der Waals surface area (Å²) < 4.78 is 3.20. The van der Waals surface area contributed by atoms with Crippen molar-refractivity contribution >= 4 is 16.7 Å². The largest absolute Gasteiger partial charge is 0.316 e. The fourth-order valence-electron chi connectivity index (χ4n) is 2.81. The van der Waals surface area contributed by atoms with Gasteiger partial charge in [0.2, 0.25) is 0 Å². The Morgan fingerprint density at radius 2 is 1.92 bits per heavy atom. The van der Waals surface area contributed by atoms with Crippen LogP contribution in [-0.2, 0) is 0 Å². The van der Waals surface area contributed by atoms with Crippen molar-refractivity contribution in [2.24, 2.45) is 0 Å². The minimum atomic E-state index is -0.134. The molecule has 120 valence electrons. The molecular weight excluding hydrogens is 306 g/mol. The molecule has 4 rings (SSSR count). The Bertz CT molecular complexity index is 1110. The van der Waals surface area contributed by atoms with Crippen LogP contribution in [0.2, 0.25) is 0 Å². The average molecular weight is 321 g/mol. The minimum Gasteiger partial charge on any atom is -0.316 e. The Kier molecular flexibility index (Phi) is 3.05. The Hall–Kier alpha value is -3.29. The van der Waals surface area contributed by atoms with Crippen molar-refractivity contribution in [2.45, 2.75) is 6.92 Å². The van der Waals surface area contributed by atoms with E-state index in [0.29, 0.717) is 22.5 Å². The van der Waals surface area contributed by atoms with Crippen molar-refractivity contribution in [1.29, 1.82) is 0 Å². The third-order valence-corrected chi connectivity index (χ3v) is 3.84. The third kappa shape index (κ3) is 2.03. The molecule has 0 aliphatic heterocycles. The van der Waals surface area contributed by atoms with Gasteiger partial charge in [-0.15, -0.1) is 5.10 Å². The molecule has 24 heavy (non-hydrogen) atoms. The molecule has 0 bridgehead atoms. The average Bonchev–Trinajstić information content (AvgIpc) is 3.00. The summed E-state index contributed by atoms with van der Waals surface area (Å²) in [5, 5.41) is 6.76. The molecule has 0 aromatic carbocycles. The van der Waals surface area contributed by atoms with Crippen molar-refractivity contribution in [3.05, 3.63) is 52.8 Å². The van der Waals surface area contributed by atoms with E-state index in [4.69, 9.17) is 0 Å². The van der Waals surface area contributed by atoms with Gasteiger partial charge in [-0.1, -0.05) is 0 Å². The summed E-state index contributed by atoms with van der Waals surface area (Å²) in [6.45, 7) is 1.88. The summed E-state index contributed by atoms with van der Waals surface area (Å²) in [6, 6.07) is 5.58. The SMILES string of the molecule is Cc1cc2c(cnc3nc(-c4ccncc4)nn32)c(=O)n1N(C)C. The molecule has 0 saturated carbocycles. The van der Waals surface area contributed by atoms with Crippen LogP contribution in [0.15, 0.2) is 41.6 Å². The lowest BCUT2D eigenvalue weighted by Crippen LogP contribution is -2.37. The van der Waals surface area contributed by atoms with Gasteiger partial charge in [0.05, 0.1) is 10.9 Å². The summed E-state index contributed by atoms with van der Waals surface area (Å²) >= 11 is 0. The molecule has 0 amide bonds. The zero-order valence-electron chi connectivity index (χ0n) is 13.5. The molecule has 8 nitrogen and oxygen atoms in total. The van der Waals surface area contributed by atoms with Gasteiger partial charge >= 0.3 is 0 Å². The molecule has 4 heterocycles. The van der Waals surface area contributed by atoms with Gasteiger partial charge in [0.1, 0.15) is 0 Å². The van der Waals surface area contributed by atoms with E-state index in [1.165, 1.54) is 0 Å². The number of nitrogens with zero attached hydrogens (tertiary/aromatic N) is 7. The third-order valence-electron chi connectivity index (χ3n) is 3.84. The molecule has 8 heteroatoms. The van der Waals surface area contributed by atoms with Crippen LogP contribution in [0, 0.1) is 6.92 Å². The van der Waals surface area contributed by atoms with Crippen LogP contribution in [0.25, 0.3) is 28.1 Å². The lowest BCUT2D eigenvalue weighted by molar-refractivity contribution is 0.682. The topological polar surface area (TPSA) is 81.2 Å². The first-order valence-corrected chi connectivity index (χ1v) is 7.42. The van der Waals surface area contributed by atoms with Gasteiger partial charge in [-0.3, -0.25) is 9.78 Å². The van der Waals surface area contributed by atoms with Crippen molar-refractivity contribution < 1.29 is 0 Å². The second-order valence-corrected chi connectivity index (χ2v) is 5.69. The zero-order valence-corrected chi connectivity index (χ0v) is 13.5. The molecule has 0 saturated heterocycles. The van der Waals surface area contributed by atoms with E-state index in [1.54, 1.807) is 32.8 Å². The van der Waals surface area contributed by atoms with Gasteiger partial charge in [-0.25, -0.2) is 9.66 Å². The molecule has 0 spiro atoms. The molecule has 0 fully saturated rings. The van der Waals surface area contributed by atoms with Crippen LogP contribution in [0.4, 0.5) is 0 Å². The molecule has 0 atom stereocenters. The van der Waals surface area contributed by atoms with E-state index >= 15 is 0 Å². The number of aromatic nitrogens is 6. The van der Waals surface area contributed by atoms with Gasteiger partial charge in [0.25, 0.3) is 11.3 Å². The minimum absolute atomic E-state index is 0.134. The first kappa shape index (κ1) is 14.3. The molecule has 4 aromatic rings. The van der Waals surface area contributed by atoms with Crippen molar-refractivity contribution in [3.63, 3.8) is 0 Å².